The highest BCUT2D eigenvalue weighted by Gasteiger charge is 2.15. The Bertz CT molecular complexity index is 980. The molecule has 0 radical (unpaired) electrons. The van der Waals surface area contributed by atoms with E-state index in [0.29, 0.717) is 10.9 Å². The normalized spacial score (nSPS) is 11.1. The minimum absolute atomic E-state index is 0.00245. The summed E-state index contributed by atoms with van der Waals surface area (Å²) in [7, 11) is 0. The minimum Gasteiger partial charge on any atom is -0.475 e. The summed E-state index contributed by atoms with van der Waals surface area (Å²) in [5.74, 6) is -1.85. The fourth-order valence-electron chi connectivity index (χ4n) is 2.14. The van der Waals surface area contributed by atoms with Gasteiger partial charge in [-0.2, -0.15) is 0 Å². The summed E-state index contributed by atoms with van der Waals surface area (Å²) in [6.45, 7) is 1.84. The number of nitrogens with one attached hydrogen (secondary N) is 1. The second kappa shape index (κ2) is 4.06. The van der Waals surface area contributed by atoms with Gasteiger partial charge >= 0.3 is 5.97 Å². The summed E-state index contributed by atoms with van der Waals surface area (Å²) < 4.78 is 5.23. The monoisotopic (exact) mass is 271 g/mol. The predicted octanol–water partition coefficient (Wildman–Crippen LogP) is 1.64. The van der Waals surface area contributed by atoms with E-state index in [1.54, 1.807) is 18.2 Å². The number of aryl methyl sites for hydroxylation is 1. The highest BCUT2D eigenvalue weighted by Crippen LogP contribution is 2.21. The number of aromatic amines is 1. The number of pyridine rings is 1. The second-order valence-electron chi connectivity index (χ2n) is 4.49. The summed E-state index contributed by atoms with van der Waals surface area (Å²) >= 11 is 0. The van der Waals surface area contributed by atoms with Crippen LogP contribution in [0, 0.1) is 6.92 Å². The first-order chi connectivity index (χ1) is 9.47. The highest BCUT2D eigenvalue weighted by atomic mass is 16.4. The van der Waals surface area contributed by atoms with Crippen molar-refractivity contribution >= 4 is 27.8 Å². The number of carboxylic acid groups (broad SMARTS) is 1. The smallest absolute Gasteiger partial charge is 0.371 e. The van der Waals surface area contributed by atoms with Crippen LogP contribution in [-0.4, -0.2) is 16.1 Å². The molecule has 2 aromatic heterocycles. The Kier molecular flexibility index (Phi) is 2.47. The zero-order chi connectivity index (χ0) is 14.4. The molecular weight excluding hydrogens is 262 g/mol. The molecule has 100 valence electrons. The number of rotatable bonds is 1. The van der Waals surface area contributed by atoms with Crippen molar-refractivity contribution in [1.29, 1.82) is 0 Å². The molecule has 0 spiro atoms. The number of hydrogen-bond donors (Lipinski definition) is 2. The summed E-state index contributed by atoms with van der Waals surface area (Å²) in [6, 6.07) is 6.01. The van der Waals surface area contributed by atoms with E-state index in [9.17, 15) is 14.4 Å². The van der Waals surface area contributed by atoms with Crippen LogP contribution in [0.3, 0.4) is 0 Å². The van der Waals surface area contributed by atoms with Gasteiger partial charge in [-0.1, -0.05) is 11.6 Å². The molecule has 0 unspecified atom stereocenters. The number of fused-ring (bicyclic) bond motifs is 3. The first-order valence-electron chi connectivity index (χ1n) is 5.81. The molecule has 0 saturated carbocycles. The van der Waals surface area contributed by atoms with Crippen molar-refractivity contribution in [3.63, 3.8) is 0 Å². The molecule has 0 aliphatic rings. The number of benzene rings is 1. The van der Waals surface area contributed by atoms with Crippen molar-refractivity contribution in [1.82, 2.24) is 4.98 Å². The van der Waals surface area contributed by atoms with Crippen LogP contribution in [0.15, 0.2) is 38.3 Å². The first kappa shape index (κ1) is 12.2. The molecule has 0 amide bonds. The van der Waals surface area contributed by atoms with E-state index >= 15 is 0 Å². The number of aromatic carboxylic acids is 1. The van der Waals surface area contributed by atoms with Crippen LogP contribution in [0.1, 0.15) is 16.1 Å². The van der Waals surface area contributed by atoms with Gasteiger partial charge in [-0.05, 0) is 19.1 Å². The lowest BCUT2D eigenvalue weighted by atomic mass is 10.1. The molecule has 0 saturated heterocycles. The van der Waals surface area contributed by atoms with Gasteiger partial charge in [0.1, 0.15) is 5.39 Å². The second-order valence-corrected chi connectivity index (χ2v) is 4.49. The molecule has 1 aromatic carbocycles. The van der Waals surface area contributed by atoms with Gasteiger partial charge in [-0.15, -0.1) is 0 Å². The van der Waals surface area contributed by atoms with Crippen LogP contribution in [-0.2, 0) is 0 Å². The lowest BCUT2D eigenvalue weighted by molar-refractivity contribution is 0.0663. The molecule has 2 heterocycles. The Hall–Kier alpha value is -2.89. The quantitative estimate of drug-likeness (QED) is 0.655. The van der Waals surface area contributed by atoms with Crippen molar-refractivity contribution in [2.24, 2.45) is 0 Å². The molecule has 0 atom stereocenters. The average molecular weight is 271 g/mol. The van der Waals surface area contributed by atoms with Gasteiger partial charge in [0.2, 0.25) is 5.76 Å². The fourth-order valence-corrected chi connectivity index (χ4v) is 2.14. The molecule has 0 aliphatic heterocycles. The third kappa shape index (κ3) is 1.70. The molecule has 0 aliphatic carbocycles. The molecule has 6 nitrogen and oxygen atoms in total. The molecule has 0 fully saturated rings. The fraction of sp³-hybridized carbons (Fsp3) is 0.0714. The summed E-state index contributed by atoms with van der Waals surface area (Å²) in [6.07, 6.45) is 0. The predicted molar refractivity (Wildman–Crippen MR) is 72.3 cm³/mol. The van der Waals surface area contributed by atoms with E-state index in [1.165, 1.54) is 0 Å². The first-order valence-corrected chi connectivity index (χ1v) is 5.81. The Labute approximate surface area is 111 Å². The minimum atomic E-state index is -1.36. The molecule has 2 N–H and O–H groups in total. The lowest BCUT2D eigenvalue weighted by Gasteiger charge is -2.04. The molecular formula is C14H9NO5. The molecule has 0 bridgehead atoms. The lowest BCUT2D eigenvalue weighted by Crippen LogP contribution is -2.17. The number of carbonyl (C=O) groups is 1. The van der Waals surface area contributed by atoms with Gasteiger partial charge in [0.15, 0.2) is 11.0 Å². The standard InChI is InChI=1S/C14H9NO5/c1-6-2-3-8-7(4-6)12-11(13(17)15-8)9(16)5-10(20-12)14(18)19/h2-5H,1H3,(H,15,17)(H,18,19). The third-order valence-electron chi connectivity index (χ3n) is 3.05. The maximum Gasteiger partial charge on any atom is 0.371 e. The molecule has 3 rings (SSSR count). The van der Waals surface area contributed by atoms with E-state index in [-0.39, 0.29) is 11.0 Å². The summed E-state index contributed by atoms with van der Waals surface area (Å²) in [5, 5.41) is 9.27. The van der Waals surface area contributed by atoms with Gasteiger partial charge in [0.25, 0.3) is 5.56 Å². The highest BCUT2D eigenvalue weighted by molar-refractivity contribution is 6.02. The Balaban J connectivity index is 2.65. The van der Waals surface area contributed by atoms with Crippen LogP contribution in [0.25, 0.3) is 21.9 Å². The van der Waals surface area contributed by atoms with Gasteiger partial charge in [0.05, 0.1) is 5.52 Å². The number of H-pyrrole nitrogens is 1. The Morgan fingerprint density at radius 2 is 2.00 bits per heavy atom. The summed E-state index contributed by atoms with van der Waals surface area (Å²) in [5.41, 5.74) is 0.112. The summed E-state index contributed by atoms with van der Waals surface area (Å²) in [4.78, 5) is 37.4. The van der Waals surface area contributed by atoms with Crippen molar-refractivity contribution in [3.8, 4) is 0 Å². The van der Waals surface area contributed by atoms with E-state index in [2.05, 4.69) is 4.98 Å². The number of carboxylic acids is 1. The maximum atomic E-state index is 11.9. The largest absolute Gasteiger partial charge is 0.475 e. The van der Waals surface area contributed by atoms with Crippen LogP contribution < -0.4 is 11.0 Å². The van der Waals surface area contributed by atoms with E-state index in [1.807, 2.05) is 6.92 Å². The van der Waals surface area contributed by atoms with Crippen molar-refractivity contribution < 1.29 is 14.3 Å². The maximum absolute atomic E-state index is 11.9. The Morgan fingerprint density at radius 3 is 2.70 bits per heavy atom. The van der Waals surface area contributed by atoms with Crippen LogP contribution in [0.2, 0.25) is 0 Å². The third-order valence-corrected chi connectivity index (χ3v) is 3.05. The van der Waals surface area contributed by atoms with Crippen LogP contribution >= 0.6 is 0 Å². The van der Waals surface area contributed by atoms with Crippen molar-refractivity contribution in [2.45, 2.75) is 6.92 Å². The van der Waals surface area contributed by atoms with Crippen molar-refractivity contribution in [3.05, 3.63) is 56.2 Å². The molecule has 3 aromatic rings. The van der Waals surface area contributed by atoms with Gasteiger partial charge in [0, 0.05) is 11.5 Å². The van der Waals surface area contributed by atoms with Gasteiger partial charge in [-0.3, -0.25) is 9.59 Å². The molecule has 6 heteroatoms. The SMILES string of the molecule is Cc1ccc2[nH]c(=O)c3c(=O)cc(C(=O)O)oc3c2c1. The number of aromatic nitrogens is 1. The zero-order valence-electron chi connectivity index (χ0n) is 10.4. The Morgan fingerprint density at radius 1 is 1.25 bits per heavy atom. The molecule has 20 heavy (non-hydrogen) atoms. The van der Waals surface area contributed by atoms with Crippen molar-refractivity contribution in [2.75, 3.05) is 0 Å². The van der Waals surface area contributed by atoms with E-state index < -0.39 is 22.7 Å². The van der Waals surface area contributed by atoms with Crippen LogP contribution in [0.5, 0.6) is 0 Å². The van der Waals surface area contributed by atoms with Gasteiger partial charge in [-0.25, -0.2) is 4.79 Å². The number of hydrogen-bond acceptors (Lipinski definition) is 4. The topological polar surface area (TPSA) is 100 Å². The van der Waals surface area contributed by atoms with Crippen LogP contribution in [0.4, 0.5) is 0 Å². The average Bonchev–Trinajstić information content (AvgIpc) is 2.39. The van der Waals surface area contributed by atoms with E-state index in [4.69, 9.17) is 9.52 Å². The van der Waals surface area contributed by atoms with E-state index in [0.717, 1.165) is 11.6 Å². The zero-order valence-corrected chi connectivity index (χ0v) is 10.4. The van der Waals surface area contributed by atoms with Gasteiger partial charge < -0.3 is 14.5 Å².